The van der Waals surface area contributed by atoms with E-state index in [4.69, 9.17) is 0 Å². The van der Waals surface area contributed by atoms with E-state index in [1.807, 2.05) is 6.92 Å². The average molecular weight is 153 g/mol. The lowest BCUT2D eigenvalue weighted by Crippen LogP contribution is -2.15. The molecule has 0 aliphatic carbocycles. The highest BCUT2D eigenvalue weighted by Crippen LogP contribution is 2.06. The number of carbonyl (C=O) groups excluding carboxylic acids is 2. The third kappa shape index (κ3) is 2.62. The maximum atomic E-state index is 10.9. The molecule has 0 spiro atoms. The molecule has 1 atom stereocenters. The second-order valence-corrected chi connectivity index (χ2v) is 2.85. The number of Topliss-reactive ketones (excluding diaryl/α,β-unsaturated/α-hetero) is 2. The topological polar surface area (TPSA) is 46.5 Å². The molecular formula is C8H11NO2. The molecule has 0 radical (unpaired) electrons. The van der Waals surface area contributed by atoms with E-state index in [0.29, 0.717) is 6.42 Å². The van der Waals surface area contributed by atoms with Crippen LogP contribution in [0.4, 0.5) is 0 Å². The van der Waals surface area contributed by atoms with Crippen LogP contribution >= 0.6 is 0 Å². The molecule has 1 aliphatic rings. The Morgan fingerprint density at radius 2 is 2.27 bits per heavy atom. The molecule has 1 aliphatic heterocycles. The van der Waals surface area contributed by atoms with Crippen LogP contribution in [-0.4, -0.2) is 23.8 Å². The molecule has 0 fully saturated rings. The fraction of sp³-hybridized carbons (Fsp3) is 0.625. The second kappa shape index (κ2) is 3.42. The van der Waals surface area contributed by atoms with Crippen LogP contribution in [-0.2, 0) is 9.59 Å². The van der Waals surface area contributed by atoms with Gasteiger partial charge in [-0.2, -0.15) is 0 Å². The van der Waals surface area contributed by atoms with Crippen LogP contribution in [0.15, 0.2) is 4.99 Å². The third-order valence-corrected chi connectivity index (χ3v) is 1.69. The summed E-state index contributed by atoms with van der Waals surface area (Å²) in [4.78, 5) is 25.7. The number of ketones is 2. The van der Waals surface area contributed by atoms with Crippen molar-refractivity contribution < 1.29 is 9.59 Å². The molecule has 0 saturated carbocycles. The van der Waals surface area contributed by atoms with Gasteiger partial charge in [0.1, 0.15) is 5.78 Å². The molecule has 3 nitrogen and oxygen atoms in total. The Kier molecular flexibility index (Phi) is 2.52. The molecule has 1 rings (SSSR count). The summed E-state index contributed by atoms with van der Waals surface area (Å²) < 4.78 is 0. The van der Waals surface area contributed by atoms with Crippen molar-refractivity contribution in [1.82, 2.24) is 0 Å². The van der Waals surface area contributed by atoms with Gasteiger partial charge in [0.2, 0.25) is 0 Å². The summed E-state index contributed by atoms with van der Waals surface area (Å²) in [6, 6.07) is 0.114. The van der Waals surface area contributed by atoms with Crippen LogP contribution in [0.25, 0.3) is 0 Å². The van der Waals surface area contributed by atoms with Gasteiger partial charge in [0.05, 0.1) is 12.6 Å². The zero-order valence-electron chi connectivity index (χ0n) is 6.54. The van der Waals surface area contributed by atoms with E-state index in [0.717, 1.165) is 6.42 Å². The predicted octanol–water partition coefficient (Wildman–Crippen LogP) is 0.768. The minimum absolute atomic E-state index is 0.0352. The van der Waals surface area contributed by atoms with Gasteiger partial charge in [0.25, 0.3) is 0 Å². The average Bonchev–Trinajstić information content (AvgIpc) is 1.95. The Bertz CT molecular complexity index is 208. The molecule has 1 unspecified atom stereocenters. The van der Waals surface area contributed by atoms with Crippen molar-refractivity contribution >= 4 is 17.8 Å². The number of aliphatic imine (C=N–C) groups is 1. The molecule has 1 heterocycles. The van der Waals surface area contributed by atoms with Crippen LogP contribution < -0.4 is 0 Å². The van der Waals surface area contributed by atoms with E-state index in [2.05, 4.69) is 4.99 Å². The number of hydrogen-bond acceptors (Lipinski definition) is 3. The van der Waals surface area contributed by atoms with Crippen molar-refractivity contribution in [1.29, 1.82) is 0 Å². The summed E-state index contributed by atoms with van der Waals surface area (Å²) in [6.45, 7) is 1.91. The number of hydrogen-bond donors (Lipinski definition) is 0. The van der Waals surface area contributed by atoms with Gasteiger partial charge in [0.15, 0.2) is 5.78 Å². The zero-order chi connectivity index (χ0) is 8.27. The molecule has 60 valence electrons. The van der Waals surface area contributed by atoms with Crippen LogP contribution in [0, 0.1) is 0 Å². The van der Waals surface area contributed by atoms with E-state index in [1.165, 1.54) is 6.21 Å². The highest BCUT2D eigenvalue weighted by molar-refractivity contribution is 6.31. The highest BCUT2D eigenvalue weighted by atomic mass is 16.1. The first-order valence-corrected chi connectivity index (χ1v) is 3.76. The largest absolute Gasteiger partial charge is 0.299 e. The fourth-order valence-electron chi connectivity index (χ4n) is 0.983. The summed E-state index contributed by atoms with van der Waals surface area (Å²) in [7, 11) is 0. The van der Waals surface area contributed by atoms with Crippen molar-refractivity contribution in [3.05, 3.63) is 0 Å². The maximum Gasteiger partial charge on any atom is 0.180 e. The van der Waals surface area contributed by atoms with Crippen LogP contribution in [0.5, 0.6) is 0 Å². The molecule has 0 amide bonds. The Morgan fingerprint density at radius 1 is 1.55 bits per heavy atom. The molecule has 0 aromatic rings. The quantitative estimate of drug-likeness (QED) is 0.482. The molecule has 0 N–H and O–H groups in total. The van der Waals surface area contributed by atoms with Gasteiger partial charge >= 0.3 is 0 Å². The number of nitrogens with zero attached hydrogens (tertiary/aromatic N) is 1. The number of rotatable bonds is 0. The lowest BCUT2D eigenvalue weighted by molar-refractivity contribution is -0.124. The Hall–Kier alpha value is -0.990. The van der Waals surface area contributed by atoms with E-state index in [1.54, 1.807) is 0 Å². The van der Waals surface area contributed by atoms with E-state index < -0.39 is 0 Å². The lowest BCUT2D eigenvalue weighted by atomic mass is 10.1. The standard InChI is InChI=1S/C8H11NO2/c1-6-2-3-7(10)4-8(11)5-9-6/h5-6H,2-4H2,1H3. The van der Waals surface area contributed by atoms with Gasteiger partial charge in [-0.1, -0.05) is 0 Å². The fourth-order valence-corrected chi connectivity index (χ4v) is 0.983. The first-order valence-electron chi connectivity index (χ1n) is 3.76. The van der Waals surface area contributed by atoms with E-state index >= 15 is 0 Å². The van der Waals surface area contributed by atoms with E-state index in [9.17, 15) is 9.59 Å². The third-order valence-electron chi connectivity index (χ3n) is 1.69. The molecule has 11 heavy (non-hydrogen) atoms. The van der Waals surface area contributed by atoms with E-state index in [-0.39, 0.29) is 24.0 Å². The smallest absolute Gasteiger partial charge is 0.180 e. The molecule has 0 saturated heterocycles. The molecular weight excluding hydrogens is 142 g/mol. The zero-order valence-corrected chi connectivity index (χ0v) is 6.54. The Labute approximate surface area is 65.5 Å². The van der Waals surface area contributed by atoms with Crippen molar-refractivity contribution in [2.75, 3.05) is 0 Å². The SMILES string of the molecule is CC1CCC(=O)CC(=O)C=N1. The first kappa shape index (κ1) is 8.11. The molecule has 0 aromatic carbocycles. The van der Waals surface area contributed by atoms with Crippen molar-refractivity contribution in [2.45, 2.75) is 32.2 Å². The lowest BCUT2D eigenvalue weighted by Gasteiger charge is -2.07. The number of carbonyl (C=O) groups is 2. The second-order valence-electron chi connectivity index (χ2n) is 2.85. The van der Waals surface area contributed by atoms with Gasteiger partial charge in [-0.25, -0.2) is 0 Å². The van der Waals surface area contributed by atoms with Crippen molar-refractivity contribution in [2.24, 2.45) is 4.99 Å². The molecule has 3 heteroatoms. The summed E-state index contributed by atoms with van der Waals surface area (Å²) in [6.07, 6.45) is 2.57. The van der Waals surface area contributed by atoms with Crippen LogP contribution in [0.3, 0.4) is 0 Å². The van der Waals surface area contributed by atoms with Gasteiger partial charge in [-0.15, -0.1) is 0 Å². The predicted molar refractivity (Wildman–Crippen MR) is 41.8 cm³/mol. The Balaban J connectivity index is 2.65. The monoisotopic (exact) mass is 153 g/mol. The summed E-state index contributed by atoms with van der Waals surface area (Å²) >= 11 is 0. The van der Waals surface area contributed by atoms with Crippen molar-refractivity contribution in [3.63, 3.8) is 0 Å². The van der Waals surface area contributed by atoms with Crippen LogP contribution in [0.1, 0.15) is 26.2 Å². The minimum Gasteiger partial charge on any atom is -0.299 e. The van der Waals surface area contributed by atoms with Crippen molar-refractivity contribution in [3.8, 4) is 0 Å². The first-order chi connectivity index (χ1) is 5.18. The summed E-state index contributed by atoms with van der Waals surface area (Å²) in [5.41, 5.74) is 0. The molecule has 0 aromatic heterocycles. The van der Waals surface area contributed by atoms with Gasteiger partial charge < -0.3 is 0 Å². The van der Waals surface area contributed by atoms with Crippen LogP contribution in [0.2, 0.25) is 0 Å². The Morgan fingerprint density at radius 3 is 3.00 bits per heavy atom. The normalized spacial score (nSPS) is 26.5. The summed E-state index contributed by atoms with van der Waals surface area (Å²) in [5, 5.41) is 0. The highest BCUT2D eigenvalue weighted by Gasteiger charge is 2.12. The maximum absolute atomic E-state index is 10.9. The summed E-state index contributed by atoms with van der Waals surface area (Å²) in [5.74, 6) is -0.130. The molecule has 0 bridgehead atoms. The minimum atomic E-state index is -0.165. The van der Waals surface area contributed by atoms with Gasteiger partial charge in [0, 0.05) is 12.5 Å². The van der Waals surface area contributed by atoms with Gasteiger partial charge in [-0.05, 0) is 13.3 Å². The van der Waals surface area contributed by atoms with Gasteiger partial charge in [-0.3, -0.25) is 14.6 Å².